The maximum atomic E-state index is 10.3. The summed E-state index contributed by atoms with van der Waals surface area (Å²) in [6.07, 6.45) is 1.71. The summed E-state index contributed by atoms with van der Waals surface area (Å²) in [5.41, 5.74) is 2.48. The van der Waals surface area contributed by atoms with E-state index in [1.807, 2.05) is 48.5 Å². The zero-order valence-corrected chi connectivity index (χ0v) is 15.7. The van der Waals surface area contributed by atoms with Gasteiger partial charge in [-0.05, 0) is 29.2 Å². The van der Waals surface area contributed by atoms with Crippen LogP contribution in [0.25, 0.3) is 0 Å². The normalized spacial score (nSPS) is 11.0. The number of aromatic hydroxyl groups is 1. The fourth-order valence-electron chi connectivity index (χ4n) is 1.93. The number of nitrogens with zero attached hydrogens (tertiary/aromatic N) is 1. The molecule has 2 nitrogen and oxygen atoms in total. The summed E-state index contributed by atoms with van der Waals surface area (Å²) in [6.45, 7) is 6.25. The molecule has 0 amide bonds. The Hall–Kier alpha value is -0.926. The first kappa shape index (κ1) is 19.1. The average Bonchev–Trinajstić information content (AvgIpc) is 2.47. The SMILES string of the molecule is CC(C)(C)c1cccc(C=Nc2ccccc2)c1O.[Cl][V][Cl]. The first-order chi connectivity index (χ1) is 10.4. The van der Waals surface area contributed by atoms with Crippen molar-refractivity contribution in [3.63, 3.8) is 0 Å². The van der Waals surface area contributed by atoms with Crippen molar-refractivity contribution in [2.75, 3.05) is 0 Å². The molecule has 2 aromatic carbocycles. The first-order valence-electron chi connectivity index (χ1n) is 6.74. The number of phenols is 1. The number of halogens is 2. The van der Waals surface area contributed by atoms with Gasteiger partial charge < -0.3 is 5.11 Å². The minimum absolute atomic E-state index is 0.0827. The fourth-order valence-corrected chi connectivity index (χ4v) is 1.93. The fraction of sp³-hybridized carbons (Fsp3) is 0.235. The van der Waals surface area contributed by atoms with Crippen molar-refractivity contribution in [1.29, 1.82) is 0 Å². The Morgan fingerprint density at radius 2 is 1.59 bits per heavy atom. The van der Waals surface area contributed by atoms with Gasteiger partial charge >= 0.3 is 34.1 Å². The molecule has 0 saturated carbocycles. The van der Waals surface area contributed by atoms with Crippen LogP contribution >= 0.6 is 19.7 Å². The summed E-state index contributed by atoms with van der Waals surface area (Å²) < 4.78 is 0. The van der Waals surface area contributed by atoms with Gasteiger partial charge in [-0.3, -0.25) is 4.99 Å². The molecular formula is C17H19Cl2NOV. The van der Waals surface area contributed by atoms with Gasteiger partial charge in [0.1, 0.15) is 5.75 Å². The third-order valence-corrected chi connectivity index (χ3v) is 2.98. The number of para-hydroxylation sites is 2. The average molecular weight is 375 g/mol. The Labute approximate surface area is 147 Å². The standard InChI is InChI=1S/C17H19NO.2ClH.V/c1-17(2,3)15-11-7-8-13(16(15)19)12-18-14-9-5-4-6-10-14;;;/h4-12,19H,1-3H3;2*1H;/q;;;+2/p-2. The van der Waals surface area contributed by atoms with Gasteiger partial charge in [-0.15, -0.1) is 0 Å². The molecule has 1 N–H and O–H groups in total. The van der Waals surface area contributed by atoms with E-state index < -0.39 is 0 Å². The molecule has 0 aliphatic carbocycles. The van der Waals surface area contributed by atoms with E-state index in [9.17, 15) is 5.11 Å². The van der Waals surface area contributed by atoms with Crippen molar-refractivity contribution in [3.8, 4) is 5.75 Å². The zero-order chi connectivity index (χ0) is 16.6. The van der Waals surface area contributed by atoms with Crippen LogP contribution in [-0.4, -0.2) is 11.3 Å². The summed E-state index contributed by atoms with van der Waals surface area (Å²) in [4.78, 5) is 4.38. The molecule has 0 aromatic heterocycles. The molecule has 0 aliphatic rings. The second kappa shape index (κ2) is 9.27. The van der Waals surface area contributed by atoms with E-state index in [0.29, 0.717) is 5.75 Å². The predicted molar refractivity (Wildman–Crippen MR) is 92.2 cm³/mol. The quantitative estimate of drug-likeness (QED) is 0.660. The molecule has 0 saturated heterocycles. The summed E-state index contributed by atoms with van der Waals surface area (Å²) in [5, 5.41) is 10.3. The van der Waals surface area contributed by atoms with E-state index >= 15 is 0 Å². The van der Waals surface area contributed by atoms with Gasteiger partial charge in [-0.25, -0.2) is 0 Å². The van der Waals surface area contributed by atoms with Crippen LogP contribution in [0.1, 0.15) is 31.9 Å². The number of aliphatic imine (C=N–C) groups is 1. The number of rotatable bonds is 2. The molecular weight excluding hydrogens is 356 g/mol. The van der Waals surface area contributed by atoms with Crippen LogP contribution in [0.2, 0.25) is 0 Å². The van der Waals surface area contributed by atoms with Crippen LogP contribution in [0.4, 0.5) is 5.69 Å². The predicted octanol–water partition coefficient (Wildman–Crippen LogP) is 5.82. The van der Waals surface area contributed by atoms with Crippen LogP contribution in [-0.2, 0) is 19.8 Å². The van der Waals surface area contributed by atoms with E-state index in [1.165, 1.54) is 0 Å². The van der Waals surface area contributed by atoms with Crippen LogP contribution < -0.4 is 0 Å². The van der Waals surface area contributed by atoms with Crippen molar-refractivity contribution < 1.29 is 19.5 Å². The Morgan fingerprint density at radius 1 is 1.00 bits per heavy atom. The van der Waals surface area contributed by atoms with Crippen LogP contribution in [0.15, 0.2) is 53.5 Å². The molecule has 0 atom stereocenters. The molecule has 2 rings (SSSR count). The van der Waals surface area contributed by atoms with Crippen molar-refractivity contribution >= 4 is 31.6 Å². The third kappa shape index (κ3) is 6.06. The molecule has 0 aliphatic heterocycles. The topological polar surface area (TPSA) is 32.6 Å². The van der Waals surface area contributed by atoms with E-state index in [2.05, 4.69) is 25.8 Å². The van der Waals surface area contributed by atoms with Gasteiger partial charge in [0.15, 0.2) is 0 Å². The molecule has 0 radical (unpaired) electrons. The summed E-state index contributed by atoms with van der Waals surface area (Å²) in [5.74, 6) is 0.315. The van der Waals surface area contributed by atoms with Crippen molar-refractivity contribution in [2.45, 2.75) is 26.2 Å². The van der Waals surface area contributed by atoms with Gasteiger partial charge in [0.05, 0.1) is 5.69 Å². The number of hydrogen-bond donors (Lipinski definition) is 1. The minimum atomic E-state index is -0.368. The first-order valence-corrected chi connectivity index (χ1v) is 10.6. The summed E-state index contributed by atoms with van der Waals surface area (Å²) >= 11 is -0.368. The molecule has 5 heteroatoms. The molecule has 0 spiro atoms. The number of phenolic OH excluding ortho intramolecular Hbond substituents is 1. The molecule has 117 valence electrons. The second-order valence-electron chi connectivity index (χ2n) is 5.65. The molecule has 2 aromatic rings. The van der Waals surface area contributed by atoms with Gasteiger partial charge in [0.25, 0.3) is 0 Å². The van der Waals surface area contributed by atoms with E-state index in [4.69, 9.17) is 19.7 Å². The third-order valence-electron chi connectivity index (χ3n) is 2.98. The number of benzene rings is 2. The molecule has 0 bridgehead atoms. The van der Waals surface area contributed by atoms with E-state index in [1.54, 1.807) is 6.21 Å². The van der Waals surface area contributed by atoms with Crippen molar-refractivity contribution in [3.05, 3.63) is 59.7 Å². The van der Waals surface area contributed by atoms with Gasteiger partial charge in [0, 0.05) is 11.8 Å². The van der Waals surface area contributed by atoms with Gasteiger partial charge in [-0.2, -0.15) is 0 Å². The monoisotopic (exact) mass is 374 g/mol. The Balaban J connectivity index is 0.000000745. The maximum absolute atomic E-state index is 10.3. The molecule has 0 unspecified atom stereocenters. The van der Waals surface area contributed by atoms with Gasteiger partial charge in [0.2, 0.25) is 0 Å². The second-order valence-corrected chi connectivity index (χ2v) is 7.96. The van der Waals surface area contributed by atoms with Crippen molar-refractivity contribution in [1.82, 2.24) is 0 Å². The Kier molecular flexibility index (Phi) is 8.05. The van der Waals surface area contributed by atoms with E-state index in [-0.39, 0.29) is 19.8 Å². The summed E-state index contributed by atoms with van der Waals surface area (Å²) in [6, 6.07) is 15.5. The number of hydrogen-bond acceptors (Lipinski definition) is 2. The van der Waals surface area contributed by atoms with Crippen LogP contribution in [0, 0.1) is 0 Å². The molecule has 22 heavy (non-hydrogen) atoms. The zero-order valence-electron chi connectivity index (χ0n) is 12.8. The van der Waals surface area contributed by atoms with Crippen molar-refractivity contribution in [2.24, 2.45) is 4.99 Å². The molecule has 0 heterocycles. The Bertz CT molecular complexity index is 610. The summed E-state index contributed by atoms with van der Waals surface area (Å²) in [7, 11) is 9.72. The molecule has 0 fully saturated rings. The Morgan fingerprint density at radius 3 is 2.14 bits per heavy atom. The van der Waals surface area contributed by atoms with Gasteiger partial charge in [-0.1, -0.05) is 51.1 Å². The van der Waals surface area contributed by atoms with Crippen LogP contribution in [0.5, 0.6) is 5.75 Å². The van der Waals surface area contributed by atoms with E-state index in [0.717, 1.165) is 16.8 Å². The van der Waals surface area contributed by atoms with Crippen LogP contribution in [0.3, 0.4) is 0 Å².